The van der Waals surface area contributed by atoms with E-state index < -0.39 is 0 Å². The summed E-state index contributed by atoms with van der Waals surface area (Å²) in [4.78, 5) is 25.0. The molecule has 4 heterocycles. The van der Waals surface area contributed by atoms with Crippen molar-refractivity contribution in [1.29, 1.82) is 0 Å². The fourth-order valence-electron chi connectivity index (χ4n) is 6.65. The van der Waals surface area contributed by atoms with Crippen LogP contribution in [0.2, 0.25) is 0 Å². The number of hydrogen-bond donors (Lipinski definition) is 0. The average molecular weight is 411 g/mol. The van der Waals surface area contributed by atoms with Crippen molar-refractivity contribution in [3.05, 3.63) is 30.1 Å². The van der Waals surface area contributed by atoms with Crippen LogP contribution in [0, 0.1) is 11.3 Å². The summed E-state index contributed by atoms with van der Waals surface area (Å²) in [5, 5.41) is 0. The molecule has 1 atom stereocenters. The highest BCUT2D eigenvalue weighted by atomic mass is 16.2. The lowest BCUT2D eigenvalue weighted by Crippen LogP contribution is -2.51. The Morgan fingerprint density at radius 2 is 1.87 bits per heavy atom. The number of hydrogen-bond acceptors (Lipinski definition) is 4. The van der Waals surface area contributed by atoms with Crippen molar-refractivity contribution in [1.82, 2.24) is 19.7 Å². The van der Waals surface area contributed by atoms with Crippen LogP contribution >= 0.6 is 0 Å². The summed E-state index contributed by atoms with van der Waals surface area (Å²) in [6.07, 6.45) is 15.3. The van der Waals surface area contributed by atoms with Crippen LogP contribution in [0.3, 0.4) is 0 Å². The van der Waals surface area contributed by atoms with Gasteiger partial charge in [0.25, 0.3) is 0 Å². The molecule has 3 saturated heterocycles. The van der Waals surface area contributed by atoms with E-state index in [0.29, 0.717) is 17.4 Å². The largest absolute Gasteiger partial charge is 0.342 e. The van der Waals surface area contributed by atoms with E-state index in [1.165, 1.54) is 63.5 Å². The third-order valence-electron chi connectivity index (χ3n) is 8.42. The van der Waals surface area contributed by atoms with Gasteiger partial charge in [0.1, 0.15) is 0 Å². The van der Waals surface area contributed by atoms with Gasteiger partial charge in [0.05, 0.1) is 5.92 Å². The first-order chi connectivity index (χ1) is 14.7. The average Bonchev–Trinajstić information content (AvgIpc) is 3.44. The molecule has 0 aromatic carbocycles. The van der Waals surface area contributed by atoms with Crippen molar-refractivity contribution in [2.45, 2.75) is 70.4 Å². The maximum absolute atomic E-state index is 13.3. The smallest absolute Gasteiger partial charge is 0.226 e. The normalized spacial score (nSPS) is 28.4. The van der Waals surface area contributed by atoms with Gasteiger partial charge in [-0.05, 0) is 81.6 Å². The van der Waals surface area contributed by atoms with Gasteiger partial charge in [0, 0.05) is 44.6 Å². The standard InChI is InChI=1S/C25H38N4O/c30-24(29-16-11-25(20-29)9-1-2-10-25)22-6-4-13-28(19-22)23-7-14-27(15-8-23)18-21-5-3-12-26-17-21/h3,5,12,17,22-23H,1-2,4,6-11,13-16,18-20H2. The summed E-state index contributed by atoms with van der Waals surface area (Å²) in [7, 11) is 0. The van der Waals surface area contributed by atoms with Gasteiger partial charge in [0.2, 0.25) is 5.91 Å². The van der Waals surface area contributed by atoms with Gasteiger partial charge >= 0.3 is 0 Å². The quantitative estimate of drug-likeness (QED) is 0.761. The Balaban J connectivity index is 1.11. The Morgan fingerprint density at radius 3 is 2.63 bits per heavy atom. The number of pyridine rings is 1. The highest BCUT2D eigenvalue weighted by Gasteiger charge is 2.43. The van der Waals surface area contributed by atoms with Crippen molar-refractivity contribution in [2.24, 2.45) is 11.3 Å². The molecular formula is C25H38N4O. The number of amides is 1. The molecule has 1 amide bonds. The molecular weight excluding hydrogens is 372 g/mol. The first kappa shape index (κ1) is 20.4. The number of rotatable bonds is 4. The van der Waals surface area contributed by atoms with Gasteiger partial charge in [-0.1, -0.05) is 18.9 Å². The van der Waals surface area contributed by atoms with Crippen LogP contribution in [0.25, 0.3) is 0 Å². The zero-order chi connectivity index (χ0) is 20.4. The molecule has 30 heavy (non-hydrogen) atoms. The second-order valence-corrected chi connectivity index (χ2v) is 10.4. The second-order valence-electron chi connectivity index (χ2n) is 10.4. The summed E-state index contributed by atoms with van der Waals surface area (Å²) in [5.41, 5.74) is 1.80. The zero-order valence-electron chi connectivity index (χ0n) is 18.5. The van der Waals surface area contributed by atoms with Crippen LogP contribution in [0.5, 0.6) is 0 Å². The highest BCUT2D eigenvalue weighted by Crippen LogP contribution is 2.45. The van der Waals surface area contributed by atoms with E-state index in [2.05, 4.69) is 25.8 Å². The minimum Gasteiger partial charge on any atom is -0.342 e. The first-order valence-corrected chi connectivity index (χ1v) is 12.3. The number of likely N-dealkylation sites (tertiary alicyclic amines) is 3. The van der Waals surface area contributed by atoms with E-state index >= 15 is 0 Å². The fraction of sp³-hybridized carbons (Fsp3) is 0.760. The number of carbonyl (C=O) groups is 1. The minimum atomic E-state index is 0.240. The topological polar surface area (TPSA) is 39.7 Å². The maximum Gasteiger partial charge on any atom is 0.226 e. The predicted molar refractivity (Wildman–Crippen MR) is 119 cm³/mol. The molecule has 0 N–H and O–H groups in total. The Hall–Kier alpha value is -1.46. The van der Waals surface area contributed by atoms with Gasteiger partial charge in [-0.3, -0.25) is 19.6 Å². The summed E-state index contributed by atoms with van der Waals surface area (Å²) in [6.45, 7) is 7.57. The number of carbonyl (C=O) groups excluding carboxylic acids is 1. The molecule has 5 rings (SSSR count). The van der Waals surface area contributed by atoms with Gasteiger partial charge in [-0.25, -0.2) is 0 Å². The summed E-state index contributed by atoms with van der Waals surface area (Å²) < 4.78 is 0. The molecule has 5 nitrogen and oxygen atoms in total. The Labute approximate surface area is 181 Å². The lowest BCUT2D eigenvalue weighted by Gasteiger charge is -2.42. The van der Waals surface area contributed by atoms with Crippen molar-refractivity contribution in [3.8, 4) is 0 Å². The summed E-state index contributed by atoms with van der Waals surface area (Å²) in [5.74, 6) is 0.709. The zero-order valence-corrected chi connectivity index (χ0v) is 18.5. The molecule has 4 fully saturated rings. The van der Waals surface area contributed by atoms with E-state index in [9.17, 15) is 4.79 Å². The molecule has 0 radical (unpaired) electrons. The Kier molecular flexibility index (Phi) is 6.10. The lowest BCUT2D eigenvalue weighted by molar-refractivity contribution is -0.137. The molecule has 3 aliphatic heterocycles. The number of piperidine rings is 2. The van der Waals surface area contributed by atoms with Gasteiger partial charge in [-0.2, -0.15) is 0 Å². The lowest BCUT2D eigenvalue weighted by atomic mass is 9.85. The molecule has 1 saturated carbocycles. The first-order valence-electron chi connectivity index (χ1n) is 12.3. The van der Waals surface area contributed by atoms with Crippen LogP contribution in [0.15, 0.2) is 24.5 Å². The van der Waals surface area contributed by atoms with E-state index in [-0.39, 0.29) is 5.92 Å². The molecule has 1 aromatic rings. The third-order valence-corrected chi connectivity index (χ3v) is 8.42. The second kappa shape index (κ2) is 8.96. The van der Waals surface area contributed by atoms with Crippen molar-refractivity contribution in [2.75, 3.05) is 39.3 Å². The molecule has 0 bridgehead atoms. The molecule has 1 aliphatic carbocycles. The minimum absolute atomic E-state index is 0.240. The van der Waals surface area contributed by atoms with Crippen molar-refractivity contribution >= 4 is 5.91 Å². The molecule has 1 spiro atoms. The molecule has 1 aromatic heterocycles. The monoisotopic (exact) mass is 410 g/mol. The van der Waals surface area contributed by atoms with Crippen LogP contribution in [0.4, 0.5) is 0 Å². The molecule has 164 valence electrons. The highest BCUT2D eigenvalue weighted by molar-refractivity contribution is 5.79. The molecule has 4 aliphatic rings. The predicted octanol–water partition coefficient (Wildman–Crippen LogP) is 3.55. The summed E-state index contributed by atoms with van der Waals surface area (Å²) >= 11 is 0. The molecule has 5 heteroatoms. The SMILES string of the molecule is O=C(C1CCCN(C2CCN(Cc3cccnc3)CC2)C1)N1CCC2(CCCC2)C1. The molecule has 1 unspecified atom stereocenters. The van der Waals surface area contributed by atoms with Crippen LogP contribution < -0.4 is 0 Å². The van der Waals surface area contributed by atoms with E-state index in [1.807, 2.05) is 18.5 Å². The maximum atomic E-state index is 13.3. The van der Waals surface area contributed by atoms with Gasteiger partial charge in [0.15, 0.2) is 0 Å². The number of aromatic nitrogens is 1. The van der Waals surface area contributed by atoms with E-state index in [1.54, 1.807) is 0 Å². The van der Waals surface area contributed by atoms with Crippen molar-refractivity contribution < 1.29 is 4.79 Å². The van der Waals surface area contributed by atoms with Crippen molar-refractivity contribution in [3.63, 3.8) is 0 Å². The van der Waals surface area contributed by atoms with E-state index in [4.69, 9.17) is 0 Å². The van der Waals surface area contributed by atoms with Gasteiger partial charge < -0.3 is 4.90 Å². The van der Waals surface area contributed by atoms with E-state index in [0.717, 1.165) is 45.7 Å². The van der Waals surface area contributed by atoms with Crippen LogP contribution in [-0.2, 0) is 11.3 Å². The Bertz CT molecular complexity index is 709. The Morgan fingerprint density at radius 1 is 1.03 bits per heavy atom. The van der Waals surface area contributed by atoms with Gasteiger partial charge in [-0.15, -0.1) is 0 Å². The van der Waals surface area contributed by atoms with Crippen LogP contribution in [0.1, 0.15) is 63.4 Å². The van der Waals surface area contributed by atoms with Crippen LogP contribution in [-0.4, -0.2) is 70.9 Å². The third kappa shape index (κ3) is 4.43. The summed E-state index contributed by atoms with van der Waals surface area (Å²) in [6, 6.07) is 4.86. The number of nitrogens with zero attached hydrogens (tertiary/aromatic N) is 4. The fourth-order valence-corrected chi connectivity index (χ4v) is 6.65.